The molecule has 0 saturated heterocycles. The number of aromatic nitrogens is 2. The minimum atomic E-state index is -1.84. The van der Waals surface area contributed by atoms with Gasteiger partial charge < -0.3 is 19.2 Å². The molecule has 0 radical (unpaired) electrons. The van der Waals surface area contributed by atoms with Crippen molar-refractivity contribution in [3.8, 4) is 11.4 Å². The van der Waals surface area contributed by atoms with E-state index in [0.717, 1.165) is 22.0 Å². The van der Waals surface area contributed by atoms with Crippen molar-refractivity contribution in [1.29, 1.82) is 0 Å². The van der Waals surface area contributed by atoms with Gasteiger partial charge in [0.2, 0.25) is 0 Å². The van der Waals surface area contributed by atoms with Gasteiger partial charge in [0.05, 0.1) is 35.2 Å². The number of fused-ring (bicyclic) bond motifs is 5. The van der Waals surface area contributed by atoms with E-state index in [2.05, 4.69) is 5.16 Å². The fourth-order valence-electron chi connectivity index (χ4n) is 4.31. The Morgan fingerprint density at radius 3 is 2.90 bits per heavy atom. The van der Waals surface area contributed by atoms with Gasteiger partial charge in [0.1, 0.15) is 13.7 Å². The van der Waals surface area contributed by atoms with Crippen LogP contribution in [0, 0.1) is 0 Å². The summed E-state index contributed by atoms with van der Waals surface area (Å²) in [6.07, 6.45) is 1.72. The number of hydrogen-bond donors (Lipinski definition) is 1. The van der Waals surface area contributed by atoms with Crippen molar-refractivity contribution < 1.29 is 19.5 Å². The largest absolute Gasteiger partial charge is 0.458 e. The van der Waals surface area contributed by atoms with Gasteiger partial charge in [-0.05, 0) is 18.6 Å². The quantitative estimate of drug-likeness (QED) is 0.318. The molecular weight excluding hydrogens is 386 g/mol. The highest BCUT2D eigenvalue weighted by molar-refractivity contribution is 6.02. The van der Waals surface area contributed by atoms with Crippen LogP contribution in [0.3, 0.4) is 0 Å². The van der Waals surface area contributed by atoms with Crippen LogP contribution in [0.1, 0.15) is 35.6 Å². The molecule has 0 aliphatic carbocycles. The number of nitrogens with zero attached hydrogens (tertiary/aromatic N) is 3. The third kappa shape index (κ3) is 2.37. The summed E-state index contributed by atoms with van der Waals surface area (Å²) in [7, 11) is 1.47. The van der Waals surface area contributed by atoms with E-state index in [4.69, 9.17) is 14.6 Å². The number of pyridine rings is 2. The van der Waals surface area contributed by atoms with Crippen molar-refractivity contribution >= 4 is 23.1 Å². The van der Waals surface area contributed by atoms with Crippen molar-refractivity contribution in [3.05, 3.63) is 62.9 Å². The first kappa shape index (κ1) is 18.5. The van der Waals surface area contributed by atoms with Crippen LogP contribution in [-0.4, -0.2) is 34.0 Å². The van der Waals surface area contributed by atoms with Crippen molar-refractivity contribution in [2.75, 3.05) is 7.11 Å². The topological polar surface area (TPSA) is 103 Å². The smallest absolute Gasteiger partial charge is 0.343 e. The number of hydrogen-bond acceptors (Lipinski definition) is 7. The van der Waals surface area contributed by atoms with E-state index in [-0.39, 0.29) is 18.6 Å². The van der Waals surface area contributed by atoms with Crippen molar-refractivity contribution in [3.63, 3.8) is 0 Å². The molecule has 2 aromatic heterocycles. The molecule has 1 N–H and O–H groups in total. The summed E-state index contributed by atoms with van der Waals surface area (Å²) in [4.78, 5) is 35.2. The Hall–Kier alpha value is -3.52. The number of benzene rings is 1. The number of carbonyl (C=O) groups excluding carboxylic acids is 1. The minimum absolute atomic E-state index is 0.103. The fraction of sp³-hybridized carbons (Fsp3) is 0.273. The zero-order valence-electron chi connectivity index (χ0n) is 16.5. The fourth-order valence-corrected chi connectivity index (χ4v) is 4.31. The summed E-state index contributed by atoms with van der Waals surface area (Å²) in [5.74, 6) is -0.737. The van der Waals surface area contributed by atoms with Gasteiger partial charge in [0, 0.05) is 22.1 Å². The van der Waals surface area contributed by atoms with Gasteiger partial charge in [-0.15, -0.1) is 0 Å². The number of aliphatic hydroxyl groups is 1. The van der Waals surface area contributed by atoms with E-state index in [0.29, 0.717) is 29.1 Å². The van der Waals surface area contributed by atoms with Gasteiger partial charge in [-0.2, -0.15) is 0 Å². The third-order valence-corrected chi connectivity index (χ3v) is 5.93. The van der Waals surface area contributed by atoms with Crippen LogP contribution in [0.4, 0.5) is 0 Å². The monoisotopic (exact) mass is 405 g/mol. The number of para-hydroxylation sites is 1. The first-order chi connectivity index (χ1) is 14.5. The molecule has 0 bridgehead atoms. The molecule has 0 amide bonds. The van der Waals surface area contributed by atoms with Crippen LogP contribution in [0.15, 0.2) is 40.3 Å². The van der Waals surface area contributed by atoms with Crippen LogP contribution in [0.2, 0.25) is 0 Å². The predicted octanol–water partition coefficient (Wildman–Crippen LogP) is 2.06. The molecule has 30 heavy (non-hydrogen) atoms. The second-order valence-corrected chi connectivity index (χ2v) is 7.39. The average Bonchev–Trinajstić information content (AvgIpc) is 3.13. The Morgan fingerprint density at radius 2 is 2.13 bits per heavy atom. The molecule has 1 aromatic carbocycles. The maximum Gasteiger partial charge on any atom is 0.343 e. The number of ether oxygens (including phenoxy) is 1. The Morgan fingerprint density at radius 1 is 1.33 bits per heavy atom. The number of rotatable bonds is 3. The molecule has 8 heteroatoms. The summed E-state index contributed by atoms with van der Waals surface area (Å²) >= 11 is 0. The molecule has 2 aliphatic heterocycles. The zero-order chi connectivity index (χ0) is 21.0. The first-order valence-corrected chi connectivity index (χ1v) is 9.65. The van der Waals surface area contributed by atoms with Crippen LogP contribution < -0.4 is 5.56 Å². The van der Waals surface area contributed by atoms with Gasteiger partial charge in [0.15, 0.2) is 5.60 Å². The van der Waals surface area contributed by atoms with E-state index in [9.17, 15) is 14.7 Å². The zero-order valence-corrected chi connectivity index (χ0v) is 16.5. The van der Waals surface area contributed by atoms with Crippen molar-refractivity contribution in [2.45, 2.75) is 32.1 Å². The standard InChI is InChI=1S/C22H19N3O5/c1-3-22(28)16-8-18-19-14(10-25(18)20(26)15(16)11-30-21(22)27)13(9-23-29-2)12-6-4-5-7-17(12)24-19/h4-9,28H,3,10-11H2,1-2H3/b23-9+/t22-/m0/s1. The molecule has 152 valence electrons. The van der Waals surface area contributed by atoms with Crippen LogP contribution in [0.25, 0.3) is 22.3 Å². The molecule has 0 saturated carbocycles. The van der Waals surface area contributed by atoms with E-state index in [1.165, 1.54) is 7.11 Å². The normalized spacial score (nSPS) is 19.5. The molecule has 3 aromatic rings. The van der Waals surface area contributed by atoms with Crippen LogP contribution in [-0.2, 0) is 33.1 Å². The lowest BCUT2D eigenvalue weighted by atomic mass is 9.86. The predicted molar refractivity (Wildman–Crippen MR) is 109 cm³/mol. The van der Waals surface area contributed by atoms with E-state index in [1.54, 1.807) is 23.8 Å². The molecule has 0 fully saturated rings. The van der Waals surface area contributed by atoms with E-state index in [1.807, 2.05) is 24.3 Å². The SMILES string of the molecule is CC[C@@]1(O)C(=O)OCc2c1cc1n(c2=O)Cc2c-1nc1ccccc1c2/C=N/OC. The lowest BCUT2D eigenvalue weighted by Crippen LogP contribution is -2.44. The minimum Gasteiger partial charge on any atom is -0.458 e. The van der Waals surface area contributed by atoms with Crippen LogP contribution >= 0.6 is 0 Å². The Kier molecular flexibility index (Phi) is 4.01. The van der Waals surface area contributed by atoms with E-state index < -0.39 is 11.6 Å². The average molecular weight is 405 g/mol. The lowest BCUT2D eigenvalue weighted by Gasteiger charge is -2.31. The molecule has 4 heterocycles. The lowest BCUT2D eigenvalue weighted by molar-refractivity contribution is -0.172. The van der Waals surface area contributed by atoms with Crippen molar-refractivity contribution in [2.24, 2.45) is 5.16 Å². The van der Waals surface area contributed by atoms with Gasteiger partial charge >= 0.3 is 5.97 Å². The highest BCUT2D eigenvalue weighted by Crippen LogP contribution is 2.39. The van der Waals surface area contributed by atoms with Crippen molar-refractivity contribution in [1.82, 2.24) is 9.55 Å². The molecule has 1 atom stereocenters. The molecule has 0 spiro atoms. The van der Waals surface area contributed by atoms with Gasteiger partial charge in [-0.25, -0.2) is 9.78 Å². The summed E-state index contributed by atoms with van der Waals surface area (Å²) in [5.41, 5.74) is 2.05. The molecule has 5 rings (SSSR count). The summed E-state index contributed by atoms with van der Waals surface area (Å²) in [6, 6.07) is 9.33. The van der Waals surface area contributed by atoms with Gasteiger partial charge in [0.25, 0.3) is 5.56 Å². The summed E-state index contributed by atoms with van der Waals surface area (Å²) in [6.45, 7) is 1.83. The van der Waals surface area contributed by atoms with E-state index >= 15 is 0 Å². The van der Waals surface area contributed by atoms with Crippen LogP contribution in [0.5, 0.6) is 0 Å². The third-order valence-electron chi connectivity index (χ3n) is 5.93. The number of cyclic esters (lactones) is 1. The maximum absolute atomic E-state index is 13.3. The molecular formula is C22H19N3O5. The summed E-state index contributed by atoms with van der Waals surface area (Å²) < 4.78 is 6.72. The Balaban J connectivity index is 1.83. The Bertz CT molecular complexity index is 1310. The number of carbonyl (C=O) groups is 1. The highest BCUT2D eigenvalue weighted by atomic mass is 16.6. The number of oxime groups is 1. The molecule has 2 aliphatic rings. The molecule has 8 nitrogen and oxygen atoms in total. The summed E-state index contributed by atoms with van der Waals surface area (Å²) in [5, 5.41) is 15.8. The second-order valence-electron chi connectivity index (χ2n) is 7.39. The highest BCUT2D eigenvalue weighted by Gasteiger charge is 2.45. The second kappa shape index (κ2) is 6.50. The molecule has 0 unspecified atom stereocenters. The number of esters is 1. The Labute approximate surface area is 171 Å². The van der Waals surface area contributed by atoms with Gasteiger partial charge in [-0.3, -0.25) is 4.79 Å². The first-order valence-electron chi connectivity index (χ1n) is 9.65. The maximum atomic E-state index is 13.3. The van der Waals surface area contributed by atoms with Gasteiger partial charge in [-0.1, -0.05) is 30.3 Å².